The van der Waals surface area contributed by atoms with Gasteiger partial charge in [0.05, 0.1) is 19.5 Å². The number of hydrogen-bond acceptors (Lipinski definition) is 5. The second kappa shape index (κ2) is 7.44. The maximum atomic E-state index is 10.8. The fourth-order valence-corrected chi connectivity index (χ4v) is 1.98. The van der Waals surface area contributed by atoms with Gasteiger partial charge in [0.1, 0.15) is 5.75 Å². The average molecular weight is 288 g/mol. The molecule has 1 unspecified atom stereocenters. The molecule has 0 spiro atoms. The van der Waals surface area contributed by atoms with E-state index in [1.165, 1.54) is 0 Å². The first kappa shape index (κ1) is 15.9. The molecule has 0 aromatic heterocycles. The summed E-state index contributed by atoms with van der Waals surface area (Å²) in [5.41, 5.74) is 0.782. The van der Waals surface area contributed by atoms with Crippen molar-refractivity contribution < 1.29 is 18.3 Å². The molecule has 0 saturated carbocycles. The first-order valence-corrected chi connectivity index (χ1v) is 7.79. The first-order valence-electron chi connectivity index (χ1n) is 5.90. The van der Waals surface area contributed by atoms with Crippen molar-refractivity contribution in [2.24, 2.45) is 0 Å². The van der Waals surface area contributed by atoms with Crippen molar-refractivity contribution in [1.82, 2.24) is 10.0 Å². The number of ether oxygens (including phenoxy) is 1. The zero-order valence-corrected chi connectivity index (χ0v) is 11.9. The van der Waals surface area contributed by atoms with Gasteiger partial charge in [0.25, 0.3) is 0 Å². The van der Waals surface area contributed by atoms with E-state index in [2.05, 4.69) is 10.0 Å². The molecule has 0 heterocycles. The molecule has 1 atom stereocenters. The summed E-state index contributed by atoms with van der Waals surface area (Å²) >= 11 is 0. The lowest BCUT2D eigenvalue weighted by Crippen LogP contribution is -2.32. The van der Waals surface area contributed by atoms with E-state index in [0.717, 1.165) is 17.6 Å². The van der Waals surface area contributed by atoms with Crippen LogP contribution in [0.4, 0.5) is 0 Å². The summed E-state index contributed by atoms with van der Waals surface area (Å²) in [4.78, 5) is 0. The molecular formula is C12H20N2O4S. The highest BCUT2D eigenvalue weighted by atomic mass is 32.2. The van der Waals surface area contributed by atoms with Crippen LogP contribution in [-0.4, -0.2) is 46.5 Å². The fourth-order valence-electron chi connectivity index (χ4n) is 1.51. The number of aliphatic hydroxyl groups excluding tert-OH is 1. The van der Waals surface area contributed by atoms with E-state index in [9.17, 15) is 13.5 Å². The predicted octanol–water partition coefficient (Wildman–Crippen LogP) is -0.133. The number of sulfonamides is 1. The lowest BCUT2D eigenvalue weighted by atomic mass is 10.1. The topological polar surface area (TPSA) is 87.7 Å². The highest BCUT2D eigenvalue weighted by Crippen LogP contribution is 2.16. The molecule has 108 valence electrons. The van der Waals surface area contributed by atoms with Crippen molar-refractivity contribution in [1.29, 1.82) is 0 Å². The summed E-state index contributed by atoms with van der Waals surface area (Å²) in [5.74, 6) is 0.737. The zero-order chi connectivity index (χ0) is 14.3. The van der Waals surface area contributed by atoms with Crippen LogP contribution in [0.25, 0.3) is 0 Å². The Bertz CT molecular complexity index is 473. The van der Waals surface area contributed by atoms with Gasteiger partial charge in [-0.15, -0.1) is 0 Å². The Hall–Kier alpha value is -1.15. The second-order valence-corrected chi connectivity index (χ2v) is 5.99. The van der Waals surface area contributed by atoms with Gasteiger partial charge in [-0.3, -0.25) is 0 Å². The monoisotopic (exact) mass is 288 g/mol. The lowest BCUT2D eigenvalue weighted by Gasteiger charge is -2.12. The van der Waals surface area contributed by atoms with Crippen molar-refractivity contribution in [3.05, 3.63) is 29.8 Å². The van der Waals surface area contributed by atoms with Crippen LogP contribution in [0.3, 0.4) is 0 Å². The quantitative estimate of drug-likeness (QED) is 0.580. The molecule has 0 amide bonds. The third kappa shape index (κ3) is 6.53. The minimum Gasteiger partial charge on any atom is -0.497 e. The van der Waals surface area contributed by atoms with Crippen LogP contribution < -0.4 is 14.8 Å². The Morgan fingerprint density at radius 1 is 1.26 bits per heavy atom. The van der Waals surface area contributed by atoms with Crippen LogP contribution in [0, 0.1) is 0 Å². The minimum atomic E-state index is -3.15. The molecule has 0 aliphatic heterocycles. The highest BCUT2D eigenvalue weighted by Gasteiger charge is 2.07. The number of rotatable bonds is 8. The molecule has 0 fully saturated rings. The van der Waals surface area contributed by atoms with Crippen LogP contribution in [0.5, 0.6) is 5.75 Å². The van der Waals surface area contributed by atoms with Crippen LogP contribution in [-0.2, 0) is 10.0 Å². The molecule has 1 aromatic rings. The van der Waals surface area contributed by atoms with Gasteiger partial charge >= 0.3 is 0 Å². The molecule has 3 N–H and O–H groups in total. The van der Waals surface area contributed by atoms with Gasteiger partial charge in [-0.1, -0.05) is 12.1 Å². The predicted molar refractivity (Wildman–Crippen MR) is 73.7 cm³/mol. The summed E-state index contributed by atoms with van der Waals surface area (Å²) in [7, 11) is -1.57. The van der Waals surface area contributed by atoms with Crippen molar-refractivity contribution in [2.45, 2.75) is 6.10 Å². The second-order valence-electron chi connectivity index (χ2n) is 4.16. The summed E-state index contributed by atoms with van der Waals surface area (Å²) in [5, 5.41) is 12.9. The zero-order valence-electron chi connectivity index (χ0n) is 11.1. The summed E-state index contributed by atoms with van der Waals surface area (Å²) in [6.07, 6.45) is 0.475. The van der Waals surface area contributed by atoms with Gasteiger partial charge in [0.15, 0.2) is 0 Å². The third-order valence-electron chi connectivity index (χ3n) is 2.50. The normalized spacial score (nSPS) is 13.2. The van der Waals surface area contributed by atoms with Crippen LogP contribution in [0.2, 0.25) is 0 Å². The molecule has 1 rings (SSSR count). The number of aliphatic hydroxyl groups is 1. The van der Waals surface area contributed by atoms with E-state index in [0.29, 0.717) is 19.6 Å². The highest BCUT2D eigenvalue weighted by molar-refractivity contribution is 7.88. The van der Waals surface area contributed by atoms with Crippen molar-refractivity contribution in [3.63, 3.8) is 0 Å². The summed E-state index contributed by atoms with van der Waals surface area (Å²) in [6, 6.07) is 7.15. The summed E-state index contributed by atoms with van der Waals surface area (Å²) in [6.45, 7) is 1.12. The maximum absolute atomic E-state index is 10.8. The molecule has 7 heteroatoms. The largest absolute Gasteiger partial charge is 0.497 e. The smallest absolute Gasteiger partial charge is 0.208 e. The van der Waals surface area contributed by atoms with Gasteiger partial charge in [0.2, 0.25) is 10.0 Å². The van der Waals surface area contributed by atoms with E-state index in [-0.39, 0.29) is 0 Å². The van der Waals surface area contributed by atoms with E-state index in [4.69, 9.17) is 4.74 Å². The molecule has 0 radical (unpaired) electrons. The average Bonchev–Trinajstić information content (AvgIpc) is 2.37. The van der Waals surface area contributed by atoms with Gasteiger partial charge in [-0.2, -0.15) is 0 Å². The van der Waals surface area contributed by atoms with Gasteiger partial charge in [0, 0.05) is 19.6 Å². The SMILES string of the molecule is COc1ccc(C(O)CNCCNS(C)(=O)=O)cc1. The molecule has 19 heavy (non-hydrogen) atoms. The molecule has 1 aromatic carbocycles. The molecular weight excluding hydrogens is 268 g/mol. The molecule has 0 saturated heterocycles. The van der Waals surface area contributed by atoms with Gasteiger partial charge < -0.3 is 15.2 Å². The molecule has 0 aliphatic rings. The van der Waals surface area contributed by atoms with E-state index < -0.39 is 16.1 Å². The maximum Gasteiger partial charge on any atom is 0.208 e. The van der Waals surface area contributed by atoms with Crippen LogP contribution in [0.15, 0.2) is 24.3 Å². The number of benzene rings is 1. The first-order chi connectivity index (χ1) is 8.92. The lowest BCUT2D eigenvalue weighted by molar-refractivity contribution is 0.175. The van der Waals surface area contributed by atoms with E-state index >= 15 is 0 Å². The minimum absolute atomic E-state index is 0.300. The Kier molecular flexibility index (Phi) is 6.23. The Morgan fingerprint density at radius 3 is 2.42 bits per heavy atom. The Morgan fingerprint density at radius 2 is 1.89 bits per heavy atom. The number of hydrogen-bond donors (Lipinski definition) is 3. The van der Waals surface area contributed by atoms with Crippen molar-refractivity contribution in [2.75, 3.05) is 33.0 Å². The Balaban J connectivity index is 2.28. The molecule has 0 aliphatic carbocycles. The van der Waals surface area contributed by atoms with Crippen LogP contribution >= 0.6 is 0 Å². The van der Waals surface area contributed by atoms with Gasteiger partial charge in [-0.05, 0) is 17.7 Å². The number of methoxy groups -OCH3 is 1. The van der Waals surface area contributed by atoms with Crippen molar-refractivity contribution >= 4 is 10.0 Å². The van der Waals surface area contributed by atoms with Crippen molar-refractivity contribution in [3.8, 4) is 5.75 Å². The fraction of sp³-hybridized carbons (Fsp3) is 0.500. The van der Waals surface area contributed by atoms with Gasteiger partial charge in [-0.25, -0.2) is 13.1 Å². The number of nitrogens with one attached hydrogen (secondary N) is 2. The van der Waals surface area contributed by atoms with E-state index in [1.54, 1.807) is 31.4 Å². The van der Waals surface area contributed by atoms with Crippen LogP contribution in [0.1, 0.15) is 11.7 Å². The summed E-state index contributed by atoms with van der Waals surface area (Å²) < 4.78 is 29.0. The van der Waals surface area contributed by atoms with E-state index in [1.807, 2.05) is 0 Å². The molecule has 6 nitrogen and oxygen atoms in total. The third-order valence-corrected chi connectivity index (χ3v) is 3.23. The Labute approximate surface area is 113 Å². The molecule has 0 bridgehead atoms. The standard InChI is InChI=1S/C12H20N2O4S/c1-18-11-5-3-10(4-6-11)12(15)9-13-7-8-14-19(2,16)17/h3-6,12-15H,7-9H2,1-2H3.